The molecule has 0 radical (unpaired) electrons. The van der Waals surface area contributed by atoms with E-state index in [9.17, 15) is 17.2 Å². The normalized spacial score (nSPS) is 15.1. The Morgan fingerprint density at radius 2 is 1.65 bits per heavy atom. The topological polar surface area (TPSA) is 64.6 Å². The van der Waals surface area contributed by atoms with Crippen LogP contribution in [0.25, 0.3) is 0 Å². The molecule has 0 fully saturated rings. The smallest absolute Gasteiger partial charge is 0.241 e. The highest BCUT2D eigenvalue weighted by atomic mass is 32.2. The van der Waals surface area contributed by atoms with E-state index in [2.05, 4.69) is 4.72 Å². The zero-order valence-corrected chi connectivity index (χ0v) is 15.1. The van der Waals surface area contributed by atoms with Gasteiger partial charge in [-0.05, 0) is 41.8 Å². The van der Waals surface area contributed by atoms with E-state index < -0.39 is 27.7 Å². The number of rotatable bonds is 5. The summed E-state index contributed by atoms with van der Waals surface area (Å²) in [5, 5.41) is 0. The number of nitrogens with one attached hydrogen (secondary N) is 1. The van der Waals surface area contributed by atoms with Crippen LogP contribution in [-0.4, -0.2) is 21.6 Å². The molecule has 0 aliphatic carbocycles. The van der Waals surface area contributed by atoms with Crippen LogP contribution in [0.15, 0.2) is 41.3 Å². The molecule has 1 heterocycles. The van der Waals surface area contributed by atoms with Crippen LogP contribution in [0.4, 0.5) is 8.78 Å². The van der Waals surface area contributed by atoms with E-state index in [1.807, 2.05) is 13.8 Å². The van der Waals surface area contributed by atoms with Crippen LogP contribution in [-0.2, 0) is 10.0 Å². The molecule has 1 N–H and O–H groups in total. The fourth-order valence-electron chi connectivity index (χ4n) is 2.72. The first-order chi connectivity index (χ1) is 12.3. The van der Waals surface area contributed by atoms with Crippen molar-refractivity contribution in [1.29, 1.82) is 0 Å². The average Bonchev–Trinajstić information content (AvgIpc) is 2.61. The lowest BCUT2D eigenvalue weighted by Gasteiger charge is -2.25. The lowest BCUT2D eigenvalue weighted by atomic mass is 9.97. The summed E-state index contributed by atoms with van der Waals surface area (Å²) in [4.78, 5) is -0.334. The van der Waals surface area contributed by atoms with Crippen LogP contribution in [0, 0.1) is 17.6 Å². The third-order valence-corrected chi connectivity index (χ3v) is 5.51. The van der Waals surface area contributed by atoms with E-state index in [4.69, 9.17) is 9.47 Å². The molecule has 0 amide bonds. The molecule has 140 valence electrons. The predicted octanol–water partition coefficient (Wildman–Crippen LogP) is 3.41. The second kappa shape index (κ2) is 7.20. The van der Waals surface area contributed by atoms with Crippen molar-refractivity contribution in [3.05, 3.63) is 53.6 Å². The molecule has 3 rings (SSSR count). The number of hydrogen-bond donors (Lipinski definition) is 1. The van der Waals surface area contributed by atoms with Crippen LogP contribution in [0.2, 0.25) is 0 Å². The van der Waals surface area contributed by atoms with Crippen molar-refractivity contribution in [2.45, 2.75) is 24.8 Å². The quantitative estimate of drug-likeness (QED) is 0.859. The van der Waals surface area contributed by atoms with Gasteiger partial charge in [-0.15, -0.1) is 0 Å². The molecule has 1 aliphatic rings. The molecule has 0 saturated heterocycles. The Bertz CT molecular complexity index is 915. The van der Waals surface area contributed by atoms with Crippen molar-refractivity contribution in [2.75, 3.05) is 13.2 Å². The molecule has 1 aliphatic heterocycles. The first kappa shape index (κ1) is 18.6. The summed E-state index contributed by atoms with van der Waals surface area (Å²) in [5.41, 5.74) is 0.690. The van der Waals surface area contributed by atoms with Crippen molar-refractivity contribution in [3.63, 3.8) is 0 Å². The van der Waals surface area contributed by atoms with E-state index in [1.54, 1.807) is 18.2 Å². The minimum Gasteiger partial charge on any atom is -0.486 e. The fraction of sp³-hybridized carbons (Fsp3) is 0.333. The Balaban J connectivity index is 1.92. The van der Waals surface area contributed by atoms with Gasteiger partial charge in [0, 0.05) is 6.04 Å². The highest BCUT2D eigenvalue weighted by molar-refractivity contribution is 7.89. The van der Waals surface area contributed by atoms with Crippen molar-refractivity contribution in [1.82, 2.24) is 4.72 Å². The zero-order chi connectivity index (χ0) is 18.9. The molecular formula is C18H19F2NO4S. The van der Waals surface area contributed by atoms with Gasteiger partial charge >= 0.3 is 0 Å². The molecule has 5 nitrogen and oxygen atoms in total. The molecule has 2 aromatic carbocycles. The molecule has 0 unspecified atom stereocenters. The maximum atomic E-state index is 13.4. The molecular weight excluding hydrogens is 364 g/mol. The Morgan fingerprint density at radius 3 is 2.31 bits per heavy atom. The van der Waals surface area contributed by atoms with Crippen molar-refractivity contribution < 1.29 is 26.7 Å². The summed E-state index contributed by atoms with van der Waals surface area (Å²) < 4.78 is 65.3. The Morgan fingerprint density at radius 1 is 0.962 bits per heavy atom. The number of benzene rings is 2. The molecule has 0 spiro atoms. The third-order valence-electron chi connectivity index (χ3n) is 4.08. The third kappa shape index (κ3) is 3.81. The highest BCUT2D eigenvalue weighted by Crippen LogP contribution is 2.35. The predicted molar refractivity (Wildman–Crippen MR) is 91.7 cm³/mol. The van der Waals surface area contributed by atoms with Gasteiger partial charge in [-0.1, -0.05) is 19.9 Å². The minimum atomic E-state index is -4.04. The summed E-state index contributed by atoms with van der Waals surface area (Å²) in [5.74, 6) is -1.26. The molecule has 0 bridgehead atoms. The van der Waals surface area contributed by atoms with Gasteiger partial charge in [0.25, 0.3) is 0 Å². The summed E-state index contributed by atoms with van der Waals surface area (Å²) in [6.45, 7) is 4.59. The number of hydrogen-bond acceptors (Lipinski definition) is 4. The van der Waals surface area contributed by atoms with Gasteiger partial charge in [0.1, 0.15) is 13.2 Å². The van der Waals surface area contributed by atoms with E-state index in [0.29, 0.717) is 36.3 Å². The lowest BCUT2D eigenvalue weighted by Crippen LogP contribution is -2.32. The highest BCUT2D eigenvalue weighted by Gasteiger charge is 2.26. The van der Waals surface area contributed by atoms with Crippen LogP contribution in [0.1, 0.15) is 25.5 Å². The zero-order valence-electron chi connectivity index (χ0n) is 14.3. The Labute approximate surface area is 151 Å². The largest absolute Gasteiger partial charge is 0.486 e. The molecule has 2 aromatic rings. The van der Waals surface area contributed by atoms with E-state index in [1.165, 1.54) is 0 Å². The Hall–Kier alpha value is -2.19. The van der Waals surface area contributed by atoms with Gasteiger partial charge in [0.2, 0.25) is 10.0 Å². The SMILES string of the molecule is CC(C)[C@H](NS(=O)(=O)c1ccc(F)c(F)c1)c1ccc2c(c1)OCCO2. The standard InChI is InChI=1S/C18H19F2NO4S/c1-11(2)18(12-3-6-16-17(9-12)25-8-7-24-16)21-26(22,23)13-4-5-14(19)15(20)10-13/h3-6,9-11,18,21H,7-8H2,1-2H3/t18-/m0/s1. The first-order valence-electron chi connectivity index (χ1n) is 8.15. The van der Waals surface area contributed by atoms with Crippen molar-refractivity contribution >= 4 is 10.0 Å². The summed E-state index contributed by atoms with van der Waals surface area (Å²) in [6.07, 6.45) is 0. The lowest BCUT2D eigenvalue weighted by molar-refractivity contribution is 0.171. The van der Waals surface area contributed by atoms with Gasteiger partial charge in [-0.3, -0.25) is 0 Å². The monoisotopic (exact) mass is 383 g/mol. The van der Waals surface area contributed by atoms with Gasteiger partial charge < -0.3 is 9.47 Å². The van der Waals surface area contributed by atoms with Crippen LogP contribution in [0.3, 0.4) is 0 Å². The number of ether oxygens (including phenoxy) is 2. The van der Waals surface area contributed by atoms with Gasteiger partial charge in [-0.2, -0.15) is 0 Å². The first-order valence-corrected chi connectivity index (χ1v) is 9.63. The Kier molecular flexibility index (Phi) is 5.15. The average molecular weight is 383 g/mol. The van der Waals surface area contributed by atoms with Crippen molar-refractivity contribution in [3.8, 4) is 11.5 Å². The summed E-state index contributed by atoms with van der Waals surface area (Å²) in [7, 11) is -4.04. The molecule has 0 saturated carbocycles. The second-order valence-electron chi connectivity index (χ2n) is 6.32. The van der Waals surface area contributed by atoms with Crippen molar-refractivity contribution in [2.24, 2.45) is 5.92 Å². The molecule has 1 atom stereocenters. The fourth-order valence-corrected chi connectivity index (χ4v) is 4.11. The van der Waals surface area contributed by atoms with E-state index in [-0.39, 0.29) is 10.8 Å². The maximum Gasteiger partial charge on any atom is 0.241 e. The van der Waals surface area contributed by atoms with E-state index >= 15 is 0 Å². The summed E-state index contributed by atoms with van der Waals surface area (Å²) in [6, 6.07) is 7.12. The van der Waals surface area contributed by atoms with Crippen LogP contribution >= 0.6 is 0 Å². The number of halogens is 2. The van der Waals surface area contributed by atoms with Gasteiger partial charge in [0.05, 0.1) is 4.90 Å². The van der Waals surface area contributed by atoms with E-state index in [0.717, 1.165) is 12.1 Å². The molecule has 8 heteroatoms. The van der Waals surface area contributed by atoms with Crippen LogP contribution in [0.5, 0.6) is 11.5 Å². The summed E-state index contributed by atoms with van der Waals surface area (Å²) >= 11 is 0. The second-order valence-corrected chi connectivity index (χ2v) is 8.04. The number of fused-ring (bicyclic) bond motifs is 1. The molecule has 26 heavy (non-hydrogen) atoms. The van der Waals surface area contributed by atoms with Gasteiger partial charge in [-0.25, -0.2) is 21.9 Å². The molecule has 0 aromatic heterocycles. The van der Waals surface area contributed by atoms with Crippen LogP contribution < -0.4 is 14.2 Å². The minimum absolute atomic E-state index is 0.0994. The van der Waals surface area contributed by atoms with Gasteiger partial charge in [0.15, 0.2) is 23.1 Å². The maximum absolute atomic E-state index is 13.4. The number of sulfonamides is 1.